The largest absolute Gasteiger partial charge is 0.545 e. The summed E-state index contributed by atoms with van der Waals surface area (Å²) in [6.45, 7) is 0.896. The maximum atomic E-state index is 12.6. The first-order chi connectivity index (χ1) is 12.4. The van der Waals surface area contributed by atoms with Crippen LogP contribution < -0.4 is 10.4 Å². The number of hydrogen-bond donors (Lipinski definition) is 1. The first-order valence-corrected chi connectivity index (χ1v) is 11.1. The lowest BCUT2D eigenvalue weighted by Crippen LogP contribution is -2.37. The average Bonchev–Trinajstić information content (AvgIpc) is 3.14. The lowest BCUT2D eigenvalue weighted by Gasteiger charge is -2.24. The normalized spacial score (nSPS) is 15.5. The maximum Gasteiger partial charge on any atom is 0.265 e. The van der Waals surface area contributed by atoms with E-state index in [1.54, 1.807) is 17.8 Å². The number of carbonyl (C=O) groups excluding carboxylic acids is 2. The van der Waals surface area contributed by atoms with Crippen LogP contribution in [0.5, 0.6) is 0 Å². The third-order valence-electron chi connectivity index (χ3n) is 3.80. The second kappa shape index (κ2) is 7.78. The molecule has 1 aromatic heterocycles. The van der Waals surface area contributed by atoms with Crippen molar-refractivity contribution in [3.05, 3.63) is 46.2 Å². The number of carboxylic acid groups (broad SMARTS) is 1. The van der Waals surface area contributed by atoms with Crippen molar-refractivity contribution in [2.45, 2.75) is 4.90 Å². The van der Waals surface area contributed by atoms with Gasteiger partial charge < -0.3 is 15.2 Å². The zero-order chi connectivity index (χ0) is 18.7. The molecule has 1 aliphatic heterocycles. The van der Waals surface area contributed by atoms with Crippen LogP contribution in [0.25, 0.3) is 0 Å². The van der Waals surface area contributed by atoms with E-state index in [1.165, 1.54) is 34.0 Å². The van der Waals surface area contributed by atoms with Gasteiger partial charge in [-0.15, -0.1) is 11.3 Å². The molecule has 0 saturated carbocycles. The monoisotopic (exact) mass is 411 g/mol. The van der Waals surface area contributed by atoms with Crippen LogP contribution in [0.3, 0.4) is 0 Å². The highest BCUT2D eigenvalue weighted by Crippen LogP contribution is 2.26. The minimum absolute atomic E-state index is 0.0766. The number of hydrogen-bond acceptors (Lipinski definition) is 7. The number of anilines is 1. The Morgan fingerprint density at radius 2 is 1.85 bits per heavy atom. The molecule has 1 aliphatic rings. The summed E-state index contributed by atoms with van der Waals surface area (Å²) in [5, 5.41) is 15.0. The number of thiophene rings is 1. The molecule has 26 heavy (non-hydrogen) atoms. The Morgan fingerprint density at radius 1 is 1.15 bits per heavy atom. The van der Waals surface area contributed by atoms with Crippen LogP contribution in [0.2, 0.25) is 0 Å². The molecule has 10 heteroatoms. The van der Waals surface area contributed by atoms with Gasteiger partial charge in [-0.2, -0.15) is 16.1 Å². The number of sulfonamides is 1. The summed E-state index contributed by atoms with van der Waals surface area (Å²) in [5.41, 5.74) is -0.0422. The van der Waals surface area contributed by atoms with E-state index >= 15 is 0 Å². The molecule has 1 amide bonds. The Morgan fingerprint density at radius 3 is 2.54 bits per heavy atom. The third kappa shape index (κ3) is 3.93. The summed E-state index contributed by atoms with van der Waals surface area (Å²) in [7, 11) is -3.62. The molecule has 0 spiro atoms. The maximum absolute atomic E-state index is 12.6. The molecule has 0 bridgehead atoms. The molecule has 1 fully saturated rings. The van der Waals surface area contributed by atoms with Crippen LogP contribution in [-0.2, 0) is 10.0 Å². The highest BCUT2D eigenvalue weighted by Gasteiger charge is 2.28. The van der Waals surface area contributed by atoms with Crippen LogP contribution >= 0.6 is 23.1 Å². The number of amides is 1. The third-order valence-corrected chi connectivity index (χ3v) is 7.70. The standard InChI is InChI=1S/C16H16N2O5S3/c19-15(17-13-4-2-1-3-12(13)16(20)21)14-9-11(10-25-14)26(22,23)18-5-7-24-8-6-18/h1-4,9-10H,5-8H2,(H,17,19)(H,20,21)/p-1. The Balaban J connectivity index is 1.79. The second-order valence-corrected chi connectivity index (χ2v) is 9.52. The molecule has 1 N–H and O–H groups in total. The number of carbonyl (C=O) groups is 2. The molecule has 0 aliphatic carbocycles. The quantitative estimate of drug-likeness (QED) is 0.790. The van der Waals surface area contributed by atoms with Gasteiger partial charge in [0.2, 0.25) is 10.0 Å². The summed E-state index contributed by atoms with van der Waals surface area (Å²) < 4.78 is 26.7. The Hall–Kier alpha value is -1.88. The summed E-state index contributed by atoms with van der Waals surface area (Å²) in [6, 6.07) is 7.19. The van der Waals surface area contributed by atoms with E-state index in [1.807, 2.05) is 0 Å². The van der Waals surface area contributed by atoms with Gasteiger partial charge in [0.1, 0.15) is 0 Å². The molecule has 0 unspecified atom stereocenters. The van der Waals surface area contributed by atoms with Gasteiger partial charge in [0.25, 0.3) is 5.91 Å². The molecule has 1 aromatic carbocycles. The average molecular weight is 412 g/mol. The van der Waals surface area contributed by atoms with E-state index in [4.69, 9.17) is 0 Å². The first-order valence-electron chi connectivity index (χ1n) is 7.68. The van der Waals surface area contributed by atoms with Gasteiger partial charge >= 0.3 is 0 Å². The summed E-state index contributed by atoms with van der Waals surface area (Å²) in [5.74, 6) is -0.481. The SMILES string of the molecule is O=C(Nc1ccccc1C(=O)[O-])c1cc(S(=O)(=O)N2CCSCC2)cs1. The van der Waals surface area contributed by atoms with Gasteiger partial charge in [-0.25, -0.2) is 8.42 Å². The number of carboxylic acids is 1. The molecular formula is C16H15N2O5S3-. The fourth-order valence-electron chi connectivity index (χ4n) is 2.46. The molecule has 1 saturated heterocycles. The number of para-hydroxylation sites is 1. The number of aromatic carboxylic acids is 1. The molecule has 3 rings (SSSR count). The van der Waals surface area contributed by atoms with Crippen molar-refractivity contribution in [3.8, 4) is 0 Å². The van der Waals surface area contributed by atoms with Gasteiger partial charge in [0.15, 0.2) is 0 Å². The van der Waals surface area contributed by atoms with Crippen molar-refractivity contribution in [1.29, 1.82) is 0 Å². The molecule has 2 heterocycles. The number of thioether (sulfide) groups is 1. The van der Waals surface area contributed by atoms with Crippen molar-refractivity contribution < 1.29 is 23.1 Å². The van der Waals surface area contributed by atoms with Crippen LogP contribution in [0.1, 0.15) is 20.0 Å². The minimum Gasteiger partial charge on any atom is -0.545 e. The molecule has 138 valence electrons. The molecule has 0 radical (unpaired) electrons. The summed E-state index contributed by atoms with van der Waals surface area (Å²) in [4.78, 5) is 23.7. The van der Waals surface area contributed by atoms with Gasteiger partial charge in [0, 0.05) is 35.5 Å². The van der Waals surface area contributed by atoms with Crippen LogP contribution in [0.15, 0.2) is 40.6 Å². The Kier molecular flexibility index (Phi) is 5.66. The predicted octanol–water partition coefficient (Wildman–Crippen LogP) is 1.10. The smallest absolute Gasteiger partial charge is 0.265 e. The van der Waals surface area contributed by atoms with Crippen molar-refractivity contribution in [2.24, 2.45) is 0 Å². The second-order valence-electron chi connectivity index (χ2n) is 5.45. The molecule has 0 atom stereocenters. The van der Waals surface area contributed by atoms with Crippen molar-refractivity contribution in [1.82, 2.24) is 4.31 Å². The Labute approximate surface area is 159 Å². The topological polar surface area (TPSA) is 107 Å². The number of benzene rings is 1. The van der Waals surface area contributed by atoms with E-state index in [-0.39, 0.29) is 21.0 Å². The lowest BCUT2D eigenvalue weighted by atomic mass is 10.2. The molecule has 7 nitrogen and oxygen atoms in total. The van der Waals surface area contributed by atoms with E-state index in [0.717, 1.165) is 22.8 Å². The van der Waals surface area contributed by atoms with Crippen LogP contribution in [-0.4, -0.2) is 49.2 Å². The first kappa shape index (κ1) is 18.9. The van der Waals surface area contributed by atoms with Gasteiger partial charge in [-0.3, -0.25) is 4.79 Å². The number of nitrogens with one attached hydrogen (secondary N) is 1. The Bertz CT molecular complexity index is 933. The summed E-state index contributed by atoms with van der Waals surface area (Å²) >= 11 is 2.70. The number of nitrogens with zero attached hydrogens (tertiary/aromatic N) is 1. The fraction of sp³-hybridized carbons (Fsp3) is 0.250. The lowest BCUT2D eigenvalue weighted by molar-refractivity contribution is -0.254. The van der Waals surface area contributed by atoms with E-state index in [0.29, 0.717) is 13.1 Å². The fourth-order valence-corrected chi connectivity index (χ4v) is 6.20. The van der Waals surface area contributed by atoms with Crippen molar-refractivity contribution in [2.75, 3.05) is 29.9 Å². The van der Waals surface area contributed by atoms with Gasteiger partial charge in [-0.1, -0.05) is 18.2 Å². The van der Waals surface area contributed by atoms with E-state index in [9.17, 15) is 23.1 Å². The van der Waals surface area contributed by atoms with Crippen LogP contribution in [0, 0.1) is 0 Å². The van der Waals surface area contributed by atoms with Crippen molar-refractivity contribution >= 4 is 50.7 Å². The van der Waals surface area contributed by atoms with E-state index in [2.05, 4.69) is 5.32 Å². The number of rotatable bonds is 5. The predicted molar refractivity (Wildman–Crippen MR) is 99.1 cm³/mol. The molecule has 2 aromatic rings. The highest BCUT2D eigenvalue weighted by molar-refractivity contribution is 7.99. The zero-order valence-corrected chi connectivity index (χ0v) is 16.0. The van der Waals surface area contributed by atoms with Gasteiger partial charge in [0.05, 0.1) is 21.4 Å². The van der Waals surface area contributed by atoms with Crippen molar-refractivity contribution in [3.63, 3.8) is 0 Å². The molecular weight excluding hydrogens is 396 g/mol. The minimum atomic E-state index is -3.62. The van der Waals surface area contributed by atoms with Gasteiger partial charge in [-0.05, 0) is 12.1 Å². The highest BCUT2D eigenvalue weighted by atomic mass is 32.2. The summed E-state index contributed by atoms with van der Waals surface area (Å²) in [6.07, 6.45) is 0. The zero-order valence-electron chi connectivity index (χ0n) is 13.5. The van der Waals surface area contributed by atoms with Crippen LogP contribution in [0.4, 0.5) is 5.69 Å². The van der Waals surface area contributed by atoms with E-state index < -0.39 is 21.9 Å².